The molecule has 1 aliphatic heterocycles. The van der Waals surface area contributed by atoms with Crippen molar-refractivity contribution in [2.45, 2.75) is 19.3 Å². The molecular weight excluding hydrogens is 200 g/mol. The van der Waals surface area contributed by atoms with Crippen molar-refractivity contribution in [3.05, 3.63) is 0 Å². The van der Waals surface area contributed by atoms with Crippen LogP contribution >= 0.6 is 12.2 Å². The Kier molecular flexibility index (Phi) is 3.82. The van der Waals surface area contributed by atoms with Gasteiger partial charge in [0.05, 0.1) is 0 Å². The molecule has 14 heavy (non-hydrogen) atoms. The first-order valence-corrected chi connectivity index (χ1v) is 4.89. The Morgan fingerprint density at radius 1 is 1.64 bits per heavy atom. The van der Waals surface area contributed by atoms with E-state index in [1.807, 2.05) is 0 Å². The maximum Gasteiger partial charge on any atom is 0.269 e. The maximum atomic E-state index is 11.6. The SMILES string of the molecule is CN1CCCC/C(=N\NC(N)=S)C1=O. The van der Waals surface area contributed by atoms with Crippen molar-refractivity contribution in [3.63, 3.8) is 0 Å². The molecule has 1 fully saturated rings. The minimum atomic E-state index is -0.0498. The van der Waals surface area contributed by atoms with Crippen molar-refractivity contribution in [2.24, 2.45) is 10.8 Å². The van der Waals surface area contributed by atoms with Crippen LogP contribution in [0.4, 0.5) is 0 Å². The van der Waals surface area contributed by atoms with Gasteiger partial charge in [-0.15, -0.1) is 0 Å². The summed E-state index contributed by atoms with van der Waals surface area (Å²) in [4.78, 5) is 13.3. The topological polar surface area (TPSA) is 70.7 Å². The summed E-state index contributed by atoms with van der Waals surface area (Å²) in [6.07, 6.45) is 2.65. The molecule has 0 aromatic carbocycles. The van der Waals surface area contributed by atoms with Gasteiger partial charge in [-0.1, -0.05) is 0 Å². The van der Waals surface area contributed by atoms with Crippen LogP contribution < -0.4 is 11.2 Å². The second-order valence-electron chi connectivity index (χ2n) is 3.22. The van der Waals surface area contributed by atoms with E-state index in [0.717, 1.165) is 19.4 Å². The van der Waals surface area contributed by atoms with Crippen LogP contribution in [0.15, 0.2) is 5.10 Å². The largest absolute Gasteiger partial charge is 0.375 e. The van der Waals surface area contributed by atoms with Crippen LogP contribution in [0.2, 0.25) is 0 Å². The molecule has 0 aliphatic carbocycles. The van der Waals surface area contributed by atoms with Gasteiger partial charge in [0.2, 0.25) is 0 Å². The van der Waals surface area contributed by atoms with Crippen LogP contribution in [-0.4, -0.2) is 35.2 Å². The number of rotatable bonds is 1. The third kappa shape index (κ3) is 2.95. The van der Waals surface area contributed by atoms with E-state index in [4.69, 9.17) is 5.73 Å². The number of carbonyl (C=O) groups excluding carboxylic acids is 1. The summed E-state index contributed by atoms with van der Waals surface area (Å²) in [5.74, 6) is -0.0498. The van der Waals surface area contributed by atoms with Crippen LogP contribution in [0.3, 0.4) is 0 Å². The van der Waals surface area contributed by atoms with E-state index in [2.05, 4.69) is 22.7 Å². The summed E-state index contributed by atoms with van der Waals surface area (Å²) in [5.41, 5.74) is 8.16. The number of nitrogens with one attached hydrogen (secondary N) is 1. The number of hydrogen-bond acceptors (Lipinski definition) is 3. The Balaban J connectivity index is 2.69. The standard InChI is InChI=1S/C8H14N4OS/c1-12-5-3-2-4-6(7(12)13)10-11-8(9)14/h2-5H2,1H3,(H3,9,11,14)/b10-6+. The lowest BCUT2D eigenvalue weighted by Crippen LogP contribution is -2.34. The molecule has 1 aliphatic rings. The molecule has 1 amide bonds. The first kappa shape index (κ1) is 10.9. The van der Waals surface area contributed by atoms with Crippen LogP contribution in [0, 0.1) is 0 Å². The van der Waals surface area contributed by atoms with Crippen molar-refractivity contribution < 1.29 is 4.79 Å². The van der Waals surface area contributed by atoms with Crippen molar-refractivity contribution in [1.82, 2.24) is 10.3 Å². The van der Waals surface area contributed by atoms with E-state index in [1.54, 1.807) is 11.9 Å². The van der Waals surface area contributed by atoms with Crippen LogP contribution in [-0.2, 0) is 4.79 Å². The molecular formula is C8H14N4OS. The Morgan fingerprint density at radius 3 is 3.00 bits per heavy atom. The van der Waals surface area contributed by atoms with Gasteiger partial charge in [-0.3, -0.25) is 10.2 Å². The Labute approximate surface area is 88.3 Å². The summed E-state index contributed by atoms with van der Waals surface area (Å²) in [7, 11) is 1.77. The molecule has 1 saturated heterocycles. The second-order valence-corrected chi connectivity index (χ2v) is 3.66. The van der Waals surface area contributed by atoms with Gasteiger partial charge in [0.15, 0.2) is 5.11 Å². The van der Waals surface area contributed by atoms with E-state index < -0.39 is 0 Å². The second kappa shape index (κ2) is 4.90. The number of hydrogen-bond donors (Lipinski definition) is 2. The molecule has 0 aromatic rings. The lowest BCUT2D eigenvalue weighted by atomic mass is 10.2. The van der Waals surface area contributed by atoms with Crippen molar-refractivity contribution in [2.75, 3.05) is 13.6 Å². The zero-order valence-electron chi connectivity index (χ0n) is 8.12. The average Bonchev–Trinajstić information content (AvgIpc) is 2.28. The number of hydrazone groups is 1. The fourth-order valence-corrected chi connectivity index (χ4v) is 1.34. The average molecular weight is 214 g/mol. The van der Waals surface area contributed by atoms with Crippen LogP contribution in [0.5, 0.6) is 0 Å². The summed E-state index contributed by atoms with van der Waals surface area (Å²) >= 11 is 4.60. The quantitative estimate of drug-likeness (QED) is 0.469. The Morgan fingerprint density at radius 2 is 2.36 bits per heavy atom. The van der Waals surface area contributed by atoms with E-state index in [-0.39, 0.29) is 11.0 Å². The van der Waals surface area contributed by atoms with Gasteiger partial charge < -0.3 is 10.6 Å². The Bertz CT molecular complexity index is 277. The molecule has 6 heteroatoms. The van der Waals surface area contributed by atoms with Crippen LogP contribution in [0.25, 0.3) is 0 Å². The third-order valence-electron chi connectivity index (χ3n) is 2.05. The van der Waals surface area contributed by atoms with E-state index in [1.165, 1.54) is 0 Å². The molecule has 78 valence electrons. The minimum absolute atomic E-state index is 0.0498. The monoisotopic (exact) mass is 214 g/mol. The number of nitrogens with zero attached hydrogens (tertiary/aromatic N) is 2. The van der Waals surface area contributed by atoms with Gasteiger partial charge in [0.1, 0.15) is 5.71 Å². The van der Waals surface area contributed by atoms with Gasteiger partial charge in [0.25, 0.3) is 5.91 Å². The number of likely N-dealkylation sites (tertiary alicyclic amines) is 1. The number of nitrogens with two attached hydrogens (primary N) is 1. The fourth-order valence-electron chi connectivity index (χ4n) is 1.30. The van der Waals surface area contributed by atoms with Gasteiger partial charge in [0, 0.05) is 13.6 Å². The lowest BCUT2D eigenvalue weighted by molar-refractivity contribution is -0.122. The van der Waals surface area contributed by atoms with E-state index in [0.29, 0.717) is 12.1 Å². The molecule has 0 aromatic heterocycles. The third-order valence-corrected chi connectivity index (χ3v) is 2.14. The zero-order valence-corrected chi connectivity index (χ0v) is 8.93. The minimum Gasteiger partial charge on any atom is -0.375 e. The maximum absolute atomic E-state index is 11.6. The van der Waals surface area contributed by atoms with Crippen molar-refractivity contribution >= 4 is 28.9 Å². The van der Waals surface area contributed by atoms with Crippen molar-refractivity contribution in [1.29, 1.82) is 0 Å². The summed E-state index contributed by atoms with van der Waals surface area (Å²) in [5, 5.41) is 3.96. The number of carbonyl (C=O) groups is 1. The molecule has 1 rings (SSSR count). The molecule has 0 bridgehead atoms. The van der Waals surface area contributed by atoms with Gasteiger partial charge in [-0.25, -0.2) is 0 Å². The van der Waals surface area contributed by atoms with Crippen LogP contribution in [0.1, 0.15) is 19.3 Å². The molecule has 0 saturated carbocycles. The number of amides is 1. The lowest BCUT2D eigenvalue weighted by Gasteiger charge is -2.13. The Hall–Kier alpha value is -1.17. The first-order valence-electron chi connectivity index (χ1n) is 4.48. The summed E-state index contributed by atoms with van der Waals surface area (Å²) < 4.78 is 0. The molecule has 5 nitrogen and oxygen atoms in total. The van der Waals surface area contributed by atoms with Gasteiger partial charge in [-0.05, 0) is 31.5 Å². The summed E-state index contributed by atoms with van der Waals surface area (Å²) in [6, 6.07) is 0. The number of thiocarbonyl (C=S) groups is 1. The highest BCUT2D eigenvalue weighted by Gasteiger charge is 2.19. The smallest absolute Gasteiger partial charge is 0.269 e. The molecule has 1 heterocycles. The fraction of sp³-hybridized carbons (Fsp3) is 0.625. The zero-order chi connectivity index (χ0) is 10.6. The molecule has 0 atom stereocenters. The highest BCUT2D eigenvalue weighted by molar-refractivity contribution is 7.80. The highest BCUT2D eigenvalue weighted by atomic mass is 32.1. The molecule has 3 N–H and O–H groups in total. The van der Waals surface area contributed by atoms with E-state index in [9.17, 15) is 4.79 Å². The first-order chi connectivity index (χ1) is 6.61. The molecule has 0 spiro atoms. The predicted octanol–water partition coefficient (Wildman–Crippen LogP) is -0.182. The van der Waals surface area contributed by atoms with E-state index >= 15 is 0 Å². The highest BCUT2D eigenvalue weighted by Crippen LogP contribution is 2.07. The normalized spacial score (nSPS) is 20.8. The van der Waals surface area contributed by atoms with Gasteiger partial charge in [-0.2, -0.15) is 5.10 Å². The summed E-state index contributed by atoms with van der Waals surface area (Å²) in [6.45, 7) is 0.783. The van der Waals surface area contributed by atoms with Gasteiger partial charge >= 0.3 is 0 Å². The molecule has 0 unspecified atom stereocenters. The van der Waals surface area contributed by atoms with Crippen molar-refractivity contribution in [3.8, 4) is 0 Å². The molecule has 0 radical (unpaired) electrons. The predicted molar refractivity (Wildman–Crippen MR) is 58.8 cm³/mol.